The highest BCUT2D eigenvalue weighted by Gasteiger charge is 2.54. The van der Waals surface area contributed by atoms with Gasteiger partial charge in [-0.05, 0) is 63.2 Å². The zero-order valence-electron chi connectivity index (χ0n) is 11.9. The van der Waals surface area contributed by atoms with Gasteiger partial charge in [-0.3, -0.25) is 0 Å². The largest absolute Gasteiger partial charge is 0.461 e. The molecule has 4 heteroatoms. The molecule has 0 saturated heterocycles. The first-order valence-corrected chi connectivity index (χ1v) is 7.81. The van der Waals surface area contributed by atoms with Gasteiger partial charge in [0.15, 0.2) is 12.1 Å². The minimum Gasteiger partial charge on any atom is -0.461 e. The number of hydrogen-bond donors (Lipinski definition) is 0. The third-order valence-corrected chi connectivity index (χ3v) is 5.56. The maximum atomic E-state index is 12.1. The Kier molecular flexibility index (Phi) is 2.69. The summed E-state index contributed by atoms with van der Waals surface area (Å²) >= 11 is 0. The molecular formula is C16H21NO3. The van der Waals surface area contributed by atoms with Gasteiger partial charge in [0.05, 0.1) is 6.61 Å². The maximum Gasteiger partial charge on any atom is 0.360 e. The summed E-state index contributed by atoms with van der Waals surface area (Å²) in [5.74, 6) is 2.95. The van der Waals surface area contributed by atoms with Gasteiger partial charge < -0.3 is 9.15 Å². The number of carbonyl (C=O) groups is 1. The summed E-state index contributed by atoms with van der Waals surface area (Å²) in [7, 11) is 0. The highest BCUT2D eigenvalue weighted by atomic mass is 16.5. The Morgan fingerprint density at radius 2 is 1.90 bits per heavy atom. The van der Waals surface area contributed by atoms with Crippen molar-refractivity contribution in [3.05, 3.63) is 17.8 Å². The number of aromatic nitrogens is 1. The van der Waals surface area contributed by atoms with E-state index in [4.69, 9.17) is 9.15 Å². The molecule has 4 fully saturated rings. The number of hydrogen-bond acceptors (Lipinski definition) is 4. The zero-order valence-corrected chi connectivity index (χ0v) is 11.9. The molecule has 0 atom stereocenters. The first-order valence-electron chi connectivity index (χ1n) is 7.81. The monoisotopic (exact) mass is 275 g/mol. The summed E-state index contributed by atoms with van der Waals surface area (Å²) in [5.41, 5.74) is 0.488. The Morgan fingerprint density at radius 1 is 1.30 bits per heavy atom. The number of esters is 1. The molecule has 0 spiro atoms. The lowest BCUT2D eigenvalue weighted by Gasteiger charge is -2.55. The molecule has 4 saturated carbocycles. The smallest absolute Gasteiger partial charge is 0.360 e. The first kappa shape index (κ1) is 12.4. The molecule has 5 rings (SSSR count). The van der Waals surface area contributed by atoms with Crippen molar-refractivity contribution < 1.29 is 13.9 Å². The van der Waals surface area contributed by atoms with Crippen LogP contribution in [0.1, 0.15) is 61.7 Å². The van der Waals surface area contributed by atoms with Crippen molar-refractivity contribution in [3.63, 3.8) is 0 Å². The van der Waals surface area contributed by atoms with Crippen LogP contribution in [0.25, 0.3) is 0 Å². The van der Waals surface area contributed by atoms with E-state index in [0.29, 0.717) is 12.3 Å². The third-order valence-electron chi connectivity index (χ3n) is 5.56. The van der Waals surface area contributed by atoms with Crippen molar-refractivity contribution in [2.24, 2.45) is 17.8 Å². The molecule has 108 valence electrons. The van der Waals surface area contributed by atoms with Crippen molar-refractivity contribution in [1.82, 2.24) is 4.98 Å². The van der Waals surface area contributed by atoms with Crippen LogP contribution in [0.2, 0.25) is 0 Å². The van der Waals surface area contributed by atoms with Crippen molar-refractivity contribution in [1.29, 1.82) is 0 Å². The Balaban J connectivity index is 1.71. The molecule has 4 nitrogen and oxygen atoms in total. The Bertz CT molecular complexity index is 498. The van der Waals surface area contributed by atoms with E-state index in [-0.39, 0.29) is 11.4 Å². The van der Waals surface area contributed by atoms with Crippen LogP contribution in [0.4, 0.5) is 0 Å². The highest BCUT2D eigenvalue weighted by Crippen LogP contribution is 2.61. The lowest BCUT2D eigenvalue weighted by molar-refractivity contribution is -0.0161. The summed E-state index contributed by atoms with van der Waals surface area (Å²) in [5, 5.41) is 0. The maximum absolute atomic E-state index is 12.1. The number of carbonyl (C=O) groups excluding carboxylic acids is 1. The second kappa shape index (κ2) is 4.34. The van der Waals surface area contributed by atoms with E-state index in [2.05, 4.69) is 4.98 Å². The molecular weight excluding hydrogens is 254 g/mol. The molecule has 0 aliphatic heterocycles. The van der Waals surface area contributed by atoms with Crippen LogP contribution < -0.4 is 0 Å². The molecule has 0 amide bonds. The van der Waals surface area contributed by atoms with E-state index in [0.717, 1.165) is 23.5 Å². The van der Waals surface area contributed by atoms with Crippen LogP contribution in [0.5, 0.6) is 0 Å². The molecule has 4 aliphatic carbocycles. The van der Waals surface area contributed by atoms with Gasteiger partial charge in [0.2, 0.25) is 0 Å². The lowest BCUT2D eigenvalue weighted by atomic mass is 9.49. The van der Waals surface area contributed by atoms with E-state index in [1.54, 1.807) is 0 Å². The van der Waals surface area contributed by atoms with Gasteiger partial charge in [0.25, 0.3) is 0 Å². The van der Waals surface area contributed by atoms with E-state index < -0.39 is 0 Å². The molecule has 0 N–H and O–H groups in total. The Labute approximate surface area is 118 Å². The molecule has 0 radical (unpaired) electrons. The summed E-state index contributed by atoms with van der Waals surface area (Å²) in [4.78, 5) is 16.2. The van der Waals surface area contributed by atoms with Gasteiger partial charge in [-0.1, -0.05) is 0 Å². The topological polar surface area (TPSA) is 52.3 Å². The molecule has 4 bridgehead atoms. The van der Waals surface area contributed by atoms with Gasteiger partial charge in [0, 0.05) is 5.41 Å². The van der Waals surface area contributed by atoms with Gasteiger partial charge in [-0.2, -0.15) is 0 Å². The summed E-state index contributed by atoms with van der Waals surface area (Å²) < 4.78 is 10.8. The molecule has 0 aromatic carbocycles. The average molecular weight is 275 g/mol. The molecule has 4 aliphatic rings. The SMILES string of the molecule is CCOC(=O)c1ncoc1C12CC3CC(CC(C3)C1)C2. The second-order valence-electron chi connectivity index (χ2n) is 6.95. The van der Waals surface area contributed by atoms with Gasteiger partial charge in [-0.25, -0.2) is 9.78 Å². The van der Waals surface area contributed by atoms with Gasteiger partial charge in [0.1, 0.15) is 5.76 Å². The molecule has 1 heterocycles. The molecule has 20 heavy (non-hydrogen) atoms. The fraction of sp³-hybridized carbons (Fsp3) is 0.750. The summed E-state index contributed by atoms with van der Waals surface area (Å²) in [6, 6.07) is 0. The van der Waals surface area contributed by atoms with Crippen molar-refractivity contribution in [2.45, 2.75) is 50.9 Å². The van der Waals surface area contributed by atoms with E-state index in [9.17, 15) is 4.79 Å². The number of nitrogens with zero attached hydrogens (tertiary/aromatic N) is 1. The van der Waals surface area contributed by atoms with E-state index >= 15 is 0 Å². The molecule has 0 unspecified atom stereocenters. The average Bonchev–Trinajstić information content (AvgIpc) is 2.87. The number of rotatable bonds is 3. The van der Waals surface area contributed by atoms with Gasteiger partial charge in [-0.15, -0.1) is 0 Å². The zero-order chi connectivity index (χ0) is 13.7. The first-order chi connectivity index (χ1) is 9.70. The molecule has 1 aromatic rings. The number of ether oxygens (including phenoxy) is 1. The minimum absolute atomic E-state index is 0.0628. The predicted molar refractivity (Wildman–Crippen MR) is 72.3 cm³/mol. The van der Waals surface area contributed by atoms with Crippen LogP contribution in [-0.4, -0.2) is 17.6 Å². The summed E-state index contributed by atoms with van der Waals surface area (Å²) in [6.07, 6.45) is 9.05. The summed E-state index contributed by atoms with van der Waals surface area (Å²) in [6.45, 7) is 2.20. The fourth-order valence-corrected chi connectivity index (χ4v) is 5.36. The quantitative estimate of drug-likeness (QED) is 0.794. The van der Waals surface area contributed by atoms with Crippen LogP contribution >= 0.6 is 0 Å². The van der Waals surface area contributed by atoms with Gasteiger partial charge >= 0.3 is 5.97 Å². The van der Waals surface area contributed by atoms with Crippen LogP contribution in [-0.2, 0) is 10.2 Å². The third kappa shape index (κ3) is 1.73. The van der Waals surface area contributed by atoms with E-state index in [1.807, 2.05) is 6.92 Å². The van der Waals surface area contributed by atoms with Crippen LogP contribution in [0, 0.1) is 17.8 Å². The lowest BCUT2D eigenvalue weighted by Crippen LogP contribution is -2.49. The Hall–Kier alpha value is -1.32. The van der Waals surface area contributed by atoms with Crippen molar-refractivity contribution in [2.75, 3.05) is 6.61 Å². The highest BCUT2D eigenvalue weighted by molar-refractivity contribution is 5.88. The Morgan fingerprint density at radius 3 is 2.45 bits per heavy atom. The predicted octanol–water partition coefficient (Wildman–Crippen LogP) is 3.32. The second-order valence-corrected chi connectivity index (χ2v) is 6.95. The molecule has 1 aromatic heterocycles. The van der Waals surface area contributed by atoms with Crippen LogP contribution in [0.3, 0.4) is 0 Å². The minimum atomic E-state index is -0.327. The van der Waals surface area contributed by atoms with Crippen molar-refractivity contribution >= 4 is 5.97 Å². The number of oxazole rings is 1. The van der Waals surface area contributed by atoms with Crippen LogP contribution in [0.15, 0.2) is 10.8 Å². The fourth-order valence-electron chi connectivity index (χ4n) is 5.36. The van der Waals surface area contributed by atoms with E-state index in [1.165, 1.54) is 44.9 Å². The normalized spacial score (nSPS) is 38.1. The standard InChI is InChI=1S/C16H21NO3/c1-2-19-15(18)13-14(20-9-17-13)16-6-10-3-11(7-16)5-12(4-10)8-16/h9-12H,2-8H2,1H3. The van der Waals surface area contributed by atoms with Crippen molar-refractivity contribution in [3.8, 4) is 0 Å².